The van der Waals surface area contributed by atoms with Crippen LogP contribution < -0.4 is 27.3 Å². The minimum absolute atomic E-state index is 0.857. The smallest absolute Gasteiger partial charge is 0.139 e. The van der Waals surface area contributed by atoms with Crippen LogP contribution in [0.25, 0.3) is 71.6 Å². The van der Waals surface area contributed by atoms with Gasteiger partial charge in [0.2, 0.25) is 0 Å². The van der Waals surface area contributed by atoms with Crippen LogP contribution in [0.3, 0.4) is 0 Å². The van der Waals surface area contributed by atoms with Crippen molar-refractivity contribution in [1.82, 2.24) is 9.55 Å². The van der Waals surface area contributed by atoms with Gasteiger partial charge in [-0.1, -0.05) is 109 Å². The van der Waals surface area contributed by atoms with Gasteiger partial charge in [0.25, 0.3) is 0 Å². The molecule has 8 rings (SSSR count). The predicted octanol–water partition coefficient (Wildman–Crippen LogP) is 2.19. The Hall–Kier alpha value is -5.15. The van der Waals surface area contributed by atoms with Gasteiger partial charge < -0.3 is 0 Å². The van der Waals surface area contributed by atoms with Crippen molar-refractivity contribution in [2.45, 2.75) is 13.3 Å². The summed E-state index contributed by atoms with van der Waals surface area (Å²) < 4.78 is 2.33. The zero-order valence-electron chi connectivity index (χ0n) is 28.6. The van der Waals surface area contributed by atoms with E-state index in [4.69, 9.17) is 4.98 Å². The van der Waals surface area contributed by atoms with Crippen LogP contribution in [0, 0.1) is 0 Å². The summed E-state index contributed by atoms with van der Waals surface area (Å²) in [5.41, 5.74) is 17.8. The Balaban J connectivity index is 1.50. The fraction of sp³-hybridized carbons (Fsp3) is 0.0488. The first-order valence-electron chi connectivity index (χ1n) is 17.1. The summed E-state index contributed by atoms with van der Waals surface area (Å²) in [6, 6.07) is 44.4. The third-order valence-electron chi connectivity index (χ3n) is 10.7. The van der Waals surface area contributed by atoms with Crippen LogP contribution in [0.5, 0.6) is 0 Å². The Kier molecular flexibility index (Phi) is 7.44. The van der Waals surface area contributed by atoms with Crippen LogP contribution in [0.4, 0.5) is 0 Å². The second kappa shape index (κ2) is 11.8. The van der Waals surface area contributed by atoms with Gasteiger partial charge in [0, 0.05) is 12.1 Å². The molecule has 2 nitrogen and oxygen atoms in total. The molecule has 0 aliphatic rings. The van der Waals surface area contributed by atoms with Crippen LogP contribution in [-0.4, -0.2) is 48.8 Å². The second-order valence-corrected chi connectivity index (χ2v) is 13.2. The van der Waals surface area contributed by atoms with Crippen molar-refractivity contribution in [3.05, 3.63) is 127 Å². The lowest BCUT2D eigenvalue weighted by Crippen LogP contribution is -2.55. The van der Waals surface area contributed by atoms with E-state index in [0.29, 0.717) is 0 Å². The van der Waals surface area contributed by atoms with Crippen molar-refractivity contribution in [3.63, 3.8) is 0 Å². The highest BCUT2D eigenvalue weighted by molar-refractivity contribution is 6.69. The number of fused-ring (bicyclic) bond motifs is 3. The topological polar surface area (TPSA) is 17.8 Å². The standard InChI is InChI=1S/C41H35B5N2/c1-2-33-47-31-17-8-9-18-32(31)48(33)26-14-10-13-25(21-26)34-27-15-6-7-16-28(27)35(36-37(42)39(44)41(46)40(45)38(36)43)30-22-24(19-20-29(30)34)23-11-4-3-5-12-23/h3-22H,2,42-46H2,1H3. The van der Waals surface area contributed by atoms with Gasteiger partial charge in [0.1, 0.15) is 45.1 Å². The molecule has 0 N–H and O–H groups in total. The van der Waals surface area contributed by atoms with E-state index in [0.717, 1.165) is 29.0 Å². The molecular formula is C41H35B5N2. The number of nitrogens with zero attached hydrogens (tertiary/aromatic N) is 2. The van der Waals surface area contributed by atoms with Gasteiger partial charge in [0.15, 0.2) is 0 Å². The van der Waals surface area contributed by atoms with Gasteiger partial charge in [-0.3, -0.25) is 4.57 Å². The van der Waals surface area contributed by atoms with E-state index in [1.165, 1.54) is 82.2 Å². The largest absolute Gasteiger partial charge is 0.296 e. The molecule has 0 atom stereocenters. The third kappa shape index (κ3) is 4.67. The van der Waals surface area contributed by atoms with Gasteiger partial charge in [-0.15, -0.1) is 16.4 Å². The highest BCUT2D eigenvalue weighted by Crippen LogP contribution is 2.44. The highest BCUT2D eigenvalue weighted by Gasteiger charge is 2.22. The molecule has 0 saturated carbocycles. The molecule has 0 aliphatic carbocycles. The molecule has 48 heavy (non-hydrogen) atoms. The first kappa shape index (κ1) is 30.2. The quantitative estimate of drug-likeness (QED) is 0.216. The van der Waals surface area contributed by atoms with Crippen molar-refractivity contribution < 1.29 is 0 Å². The molecule has 7 aromatic carbocycles. The van der Waals surface area contributed by atoms with Crippen molar-refractivity contribution in [2.24, 2.45) is 0 Å². The fourth-order valence-electron chi connectivity index (χ4n) is 7.85. The highest BCUT2D eigenvalue weighted by atomic mass is 15.1. The van der Waals surface area contributed by atoms with Gasteiger partial charge in [0.05, 0.1) is 11.0 Å². The molecule has 0 fully saturated rings. The molecule has 1 heterocycles. The third-order valence-corrected chi connectivity index (χ3v) is 10.7. The Morgan fingerprint density at radius 1 is 0.479 bits per heavy atom. The normalized spacial score (nSPS) is 11.5. The number of rotatable bonds is 5. The molecule has 0 amide bonds. The summed E-state index contributed by atoms with van der Waals surface area (Å²) in [5.74, 6) is 1.07. The Morgan fingerprint density at radius 2 is 1.08 bits per heavy atom. The van der Waals surface area contributed by atoms with E-state index >= 15 is 0 Å². The number of hydrogen-bond acceptors (Lipinski definition) is 1. The zero-order chi connectivity index (χ0) is 33.1. The van der Waals surface area contributed by atoms with E-state index in [-0.39, 0.29) is 0 Å². The van der Waals surface area contributed by atoms with Crippen LogP contribution in [0.2, 0.25) is 0 Å². The Labute approximate surface area is 287 Å². The molecule has 0 saturated heterocycles. The van der Waals surface area contributed by atoms with E-state index in [2.05, 4.69) is 172 Å². The average molecular weight is 610 g/mol. The lowest BCUT2D eigenvalue weighted by Gasteiger charge is -2.25. The molecule has 7 heteroatoms. The molecule has 1 aromatic heterocycles. The number of imidazole rings is 1. The van der Waals surface area contributed by atoms with E-state index < -0.39 is 0 Å². The minimum atomic E-state index is 0.857. The van der Waals surface area contributed by atoms with Crippen LogP contribution in [0.15, 0.2) is 121 Å². The number of benzene rings is 7. The second-order valence-electron chi connectivity index (χ2n) is 13.2. The van der Waals surface area contributed by atoms with Crippen LogP contribution in [0.1, 0.15) is 12.7 Å². The molecule has 0 spiro atoms. The molecule has 0 unspecified atom stereocenters. The average Bonchev–Trinajstić information content (AvgIpc) is 3.52. The molecular weight excluding hydrogens is 575 g/mol. The van der Waals surface area contributed by atoms with Gasteiger partial charge in [-0.05, 0) is 85.3 Å². The van der Waals surface area contributed by atoms with Crippen LogP contribution in [-0.2, 0) is 6.42 Å². The Bertz CT molecular complexity index is 2530. The number of hydrogen-bond donors (Lipinski definition) is 0. The Morgan fingerprint density at radius 3 is 1.81 bits per heavy atom. The van der Waals surface area contributed by atoms with E-state index in [1.54, 1.807) is 0 Å². The number of aromatic nitrogens is 2. The van der Waals surface area contributed by atoms with Crippen molar-refractivity contribution in [2.75, 3.05) is 0 Å². The summed E-state index contributed by atoms with van der Waals surface area (Å²) in [4.78, 5) is 4.99. The SMILES string of the molecule is Bc1c(B)c(B)c(-c2c3ccccc3c(-c3cccc(-n4c(CC)nc5ccccc54)c3)c3ccc(-c4ccccc4)cc23)c(B)c1B. The minimum Gasteiger partial charge on any atom is -0.296 e. The first-order chi connectivity index (χ1) is 23.4. The van der Waals surface area contributed by atoms with Crippen molar-refractivity contribution >= 4 is 99.1 Å². The first-order valence-corrected chi connectivity index (χ1v) is 17.1. The molecule has 224 valence electrons. The fourth-order valence-corrected chi connectivity index (χ4v) is 7.85. The lowest BCUT2D eigenvalue weighted by molar-refractivity contribution is 0.908. The summed E-state index contributed by atoms with van der Waals surface area (Å²) in [6.07, 6.45) is 0.857. The van der Waals surface area contributed by atoms with Gasteiger partial charge in [-0.25, -0.2) is 4.98 Å². The summed E-state index contributed by atoms with van der Waals surface area (Å²) in [5, 5.41) is 5.10. The maximum absolute atomic E-state index is 4.99. The van der Waals surface area contributed by atoms with Gasteiger partial charge in [-0.2, -0.15) is 0 Å². The van der Waals surface area contributed by atoms with E-state index in [1.807, 2.05) is 0 Å². The van der Waals surface area contributed by atoms with Crippen molar-refractivity contribution in [1.29, 1.82) is 0 Å². The maximum Gasteiger partial charge on any atom is 0.139 e. The molecule has 0 radical (unpaired) electrons. The molecule has 0 bridgehead atoms. The monoisotopic (exact) mass is 610 g/mol. The van der Waals surface area contributed by atoms with E-state index in [9.17, 15) is 0 Å². The zero-order valence-corrected chi connectivity index (χ0v) is 28.6. The lowest BCUT2D eigenvalue weighted by atomic mass is 9.59. The van der Waals surface area contributed by atoms with Gasteiger partial charge >= 0.3 is 0 Å². The maximum atomic E-state index is 4.99. The number of aryl methyl sites for hydroxylation is 1. The summed E-state index contributed by atoms with van der Waals surface area (Å²) in [7, 11) is 11.4. The van der Waals surface area contributed by atoms with Crippen LogP contribution >= 0.6 is 0 Å². The summed E-state index contributed by atoms with van der Waals surface area (Å²) in [6.45, 7) is 2.18. The molecule has 0 aliphatic heterocycles. The summed E-state index contributed by atoms with van der Waals surface area (Å²) >= 11 is 0. The van der Waals surface area contributed by atoms with Crippen molar-refractivity contribution in [3.8, 4) is 39.1 Å². The predicted molar refractivity (Wildman–Crippen MR) is 223 cm³/mol. The molecule has 8 aromatic rings. The number of para-hydroxylation sites is 2.